The highest BCUT2D eigenvalue weighted by molar-refractivity contribution is 5.58. The predicted octanol–water partition coefficient (Wildman–Crippen LogP) is 3.66. The molecule has 0 N–H and O–H groups in total. The van der Waals surface area contributed by atoms with Crippen LogP contribution in [0.5, 0.6) is 5.75 Å². The van der Waals surface area contributed by atoms with Gasteiger partial charge < -0.3 is 23.5 Å². The van der Waals surface area contributed by atoms with E-state index in [1.807, 2.05) is 12.1 Å². The third-order valence-electron chi connectivity index (χ3n) is 5.98. The molecule has 0 atom stereocenters. The third kappa shape index (κ3) is 5.97. The summed E-state index contributed by atoms with van der Waals surface area (Å²) in [4.78, 5) is 21.6. The van der Waals surface area contributed by atoms with Gasteiger partial charge >= 0.3 is 6.36 Å². The van der Waals surface area contributed by atoms with E-state index in [-0.39, 0.29) is 23.1 Å². The second-order valence-electron chi connectivity index (χ2n) is 8.68. The number of piperazine rings is 1. The number of hydrogen-bond acceptors (Lipinski definition) is 8. The molecule has 0 bridgehead atoms. The SMILES string of the molecule is CN1CCN(c2cc(Cn3cc(-c4nnc(-c5ccc(OC(F)(F)F)cc5)o4)ccc3=O)ccn2)CC1. The maximum Gasteiger partial charge on any atom is 0.573 e. The molecule has 0 unspecified atom stereocenters. The zero-order valence-electron chi connectivity index (χ0n) is 19.9. The summed E-state index contributed by atoms with van der Waals surface area (Å²) in [5.74, 6) is 0.822. The van der Waals surface area contributed by atoms with E-state index < -0.39 is 6.36 Å². The molecule has 4 heterocycles. The Bertz CT molecular complexity index is 1430. The van der Waals surface area contributed by atoms with Gasteiger partial charge in [0.2, 0.25) is 11.8 Å². The van der Waals surface area contributed by atoms with E-state index in [4.69, 9.17) is 4.42 Å². The molecule has 5 rings (SSSR count). The summed E-state index contributed by atoms with van der Waals surface area (Å²) in [6.07, 6.45) is -1.40. The fraction of sp³-hybridized carbons (Fsp3) is 0.280. The molecule has 0 spiro atoms. The number of pyridine rings is 2. The van der Waals surface area contributed by atoms with E-state index in [2.05, 4.69) is 36.8 Å². The Labute approximate surface area is 209 Å². The Hall–Kier alpha value is -4.19. The van der Waals surface area contributed by atoms with Gasteiger partial charge in [0.1, 0.15) is 11.6 Å². The number of rotatable bonds is 6. The van der Waals surface area contributed by atoms with Crippen LogP contribution in [0, 0.1) is 0 Å². The van der Waals surface area contributed by atoms with Crippen LogP contribution in [0.3, 0.4) is 0 Å². The lowest BCUT2D eigenvalue weighted by molar-refractivity contribution is -0.274. The Kier molecular flexibility index (Phi) is 6.66. The molecular weight excluding hydrogens is 489 g/mol. The maximum absolute atomic E-state index is 12.6. The van der Waals surface area contributed by atoms with Crippen molar-refractivity contribution in [2.24, 2.45) is 0 Å². The van der Waals surface area contributed by atoms with Crippen LogP contribution < -0.4 is 15.2 Å². The van der Waals surface area contributed by atoms with E-state index in [1.54, 1.807) is 23.0 Å². The van der Waals surface area contributed by atoms with Crippen molar-refractivity contribution in [2.75, 3.05) is 38.1 Å². The minimum Gasteiger partial charge on any atom is -0.416 e. The highest BCUT2D eigenvalue weighted by atomic mass is 19.4. The molecule has 12 heteroatoms. The summed E-state index contributed by atoms with van der Waals surface area (Å²) in [5, 5.41) is 8.03. The number of benzene rings is 1. The van der Waals surface area contributed by atoms with Crippen molar-refractivity contribution in [3.8, 4) is 28.7 Å². The monoisotopic (exact) mass is 512 g/mol. The lowest BCUT2D eigenvalue weighted by atomic mass is 10.2. The summed E-state index contributed by atoms with van der Waals surface area (Å²) in [6.45, 7) is 4.04. The molecule has 1 aliphatic rings. The summed E-state index contributed by atoms with van der Waals surface area (Å²) in [6, 6.07) is 12.0. The molecule has 4 aromatic rings. The van der Waals surface area contributed by atoms with Crippen molar-refractivity contribution in [1.29, 1.82) is 0 Å². The first kappa shape index (κ1) is 24.5. The molecule has 0 amide bonds. The second kappa shape index (κ2) is 10.1. The minimum atomic E-state index is -4.77. The molecule has 0 aliphatic carbocycles. The van der Waals surface area contributed by atoms with Crippen molar-refractivity contribution >= 4 is 5.82 Å². The quantitative estimate of drug-likeness (QED) is 0.387. The average molecular weight is 512 g/mol. The Morgan fingerprint density at radius 3 is 2.32 bits per heavy atom. The maximum atomic E-state index is 12.6. The van der Waals surface area contributed by atoms with Crippen LogP contribution in [-0.4, -0.2) is 64.2 Å². The molecule has 1 saturated heterocycles. The van der Waals surface area contributed by atoms with Crippen molar-refractivity contribution < 1.29 is 22.3 Å². The van der Waals surface area contributed by atoms with Crippen molar-refractivity contribution in [3.05, 3.63) is 76.8 Å². The molecule has 1 fully saturated rings. The zero-order chi connectivity index (χ0) is 26.0. The van der Waals surface area contributed by atoms with Gasteiger partial charge in [0.25, 0.3) is 5.56 Å². The lowest BCUT2D eigenvalue weighted by Gasteiger charge is -2.33. The molecule has 1 aromatic carbocycles. The number of ether oxygens (including phenoxy) is 1. The first-order valence-electron chi connectivity index (χ1n) is 11.5. The molecule has 192 valence electrons. The normalized spacial score (nSPS) is 14.6. The number of hydrogen-bond donors (Lipinski definition) is 0. The Morgan fingerprint density at radius 1 is 0.946 bits per heavy atom. The molecule has 0 radical (unpaired) electrons. The van der Waals surface area contributed by atoms with Gasteiger partial charge in [0.05, 0.1) is 12.1 Å². The number of alkyl halides is 3. The van der Waals surface area contributed by atoms with Gasteiger partial charge in [-0.25, -0.2) is 4.98 Å². The highest BCUT2D eigenvalue weighted by Crippen LogP contribution is 2.27. The largest absolute Gasteiger partial charge is 0.573 e. The molecule has 0 saturated carbocycles. The number of likely N-dealkylation sites (N-methyl/N-ethyl adjacent to an activating group) is 1. The number of halogens is 3. The van der Waals surface area contributed by atoms with Gasteiger partial charge in [0, 0.05) is 50.2 Å². The Morgan fingerprint density at radius 2 is 1.62 bits per heavy atom. The fourth-order valence-electron chi connectivity index (χ4n) is 4.00. The van der Waals surface area contributed by atoms with Crippen LogP contribution >= 0.6 is 0 Å². The van der Waals surface area contributed by atoms with Crippen LogP contribution in [0.1, 0.15) is 5.56 Å². The van der Waals surface area contributed by atoms with E-state index in [0.29, 0.717) is 17.7 Å². The predicted molar refractivity (Wildman–Crippen MR) is 129 cm³/mol. The van der Waals surface area contributed by atoms with Crippen LogP contribution in [0.15, 0.2) is 70.1 Å². The van der Waals surface area contributed by atoms with E-state index in [9.17, 15) is 18.0 Å². The third-order valence-corrected chi connectivity index (χ3v) is 5.98. The zero-order valence-corrected chi connectivity index (χ0v) is 19.9. The van der Waals surface area contributed by atoms with Gasteiger partial charge in [-0.3, -0.25) is 4.79 Å². The Balaban J connectivity index is 1.33. The van der Waals surface area contributed by atoms with Crippen LogP contribution in [0.4, 0.5) is 19.0 Å². The van der Waals surface area contributed by atoms with Crippen molar-refractivity contribution in [3.63, 3.8) is 0 Å². The molecule has 3 aromatic heterocycles. The number of nitrogens with zero attached hydrogens (tertiary/aromatic N) is 6. The summed E-state index contributed by atoms with van der Waals surface area (Å²) in [5.41, 5.74) is 1.69. The van der Waals surface area contributed by atoms with Gasteiger partial charge in [-0.15, -0.1) is 23.4 Å². The first-order valence-corrected chi connectivity index (χ1v) is 11.5. The van der Waals surface area contributed by atoms with E-state index in [1.165, 1.54) is 18.2 Å². The van der Waals surface area contributed by atoms with Crippen LogP contribution in [-0.2, 0) is 6.54 Å². The smallest absolute Gasteiger partial charge is 0.416 e. The summed E-state index contributed by atoms with van der Waals surface area (Å²) in [7, 11) is 2.09. The molecule has 37 heavy (non-hydrogen) atoms. The first-order chi connectivity index (χ1) is 17.7. The minimum absolute atomic E-state index is 0.122. The standard InChI is InChI=1S/C25H23F3N6O3/c1-32-10-12-33(13-11-32)21-14-17(8-9-29-21)15-34-16-19(4-7-22(34)35)24-31-30-23(36-24)18-2-5-20(6-3-18)37-25(26,27)28/h2-9,14,16H,10-13,15H2,1H3. The van der Waals surface area contributed by atoms with E-state index >= 15 is 0 Å². The fourth-order valence-corrected chi connectivity index (χ4v) is 4.00. The van der Waals surface area contributed by atoms with Crippen molar-refractivity contribution in [2.45, 2.75) is 12.9 Å². The molecular formula is C25H23F3N6O3. The topological polar surface area (TPSA) is 89.5 Å². The van der Waals surface area contributed by atoms with Gasteiger partial charge in [-0.05, 0) is 55.1 Å². The van der Waals surface area contributed by atoms with Gasteiger partial charge in [0.15, 0.2) is 0 Å². The van der Waals surface area contributed by atoms with Crippen LogP contribution in [0.25, 0.3) is 22.9 Å². The number of anilines is 1. The van der Waals surface area contributed by atoms with Gasteiger partial charge in [-0.2, -0.15) is 0 Å². The van der Waals surface area contributed by atoms with Crippen molar-refractivity contribution in [1.82, 2.24) is 24.6 Å². The second-order valence-corrected chi connectivity index (χ2v) is 8.68. The van der Waals surface area contributed by atoms with Gasteiger partial charge in [-0.1, -0.05) is 0 Å². The lowest BCUT2D eigenvalue weighted by Crippen LogP contribution is -2.44. The molecule has 9 nitrogen and oxygen atoms in total. The molecule has 1 aliphatic heterocycles. The van der Waals surface area contributed by atoms with E-state index in [0.717, 1.165) is 49.7 Å². The van der Waals surface area contributed by atoms with Crippen LogP contribution in [0.2, 0.25) is 0 Å². The average Bonchev–Trinajstić information content (AvgIpc) is 3.36. The summed E-state index contributed by atoms with van der Waals surface area (Å²) >= 11 is 0. The summed E-state index contributed by atoms with van der Waals surface area (Å²) < 4.78 is 48.3. The number of aromatic nitrogens is 4. The highest BCUT2D eigenvalue weighted by Gasteiger charge is 2.31.